The summed E-state index contributed by atoms with van der Waals surface area (Å²) in [5.41, 5.74) is -0.323. The fourth-order valence-electron chi connectivity index (χ4n) is 3.00. The molecule has 3 aromatic rings. The minimum atomic E-state index is -4.51. The van der Waals surface area contributed by atoms with Gasteiger partial charge in [0.05, 0.1) is 22.2 Å². The van der Waals surface area contributed by atoms with Gasteiger partial charge in [-0.05, 0) is 42.7 Å². The van der Waals surface area contributed by atoms with Gasteiger partial charge >= 0.3 is 6.18 Å². The molecule has 0 radical (unpaired) electrons. The van der Waals surface area contributed by atoms with Gasteiger partial charge in [0.15, 0.2) is 5.13 Å². The lowest BCUT2D eigenvalue weighted by Crippen LogP contribution is -2.18. The number of thiazole rings is 1. The summed E-state index contributed by atoms with van der Waals surface area (Å²) in [6, 6.07) is 10.5. The van der Waals surface area contributed by atoms with Crippen molar-refractivity contribution in [3.05, 3.63) is 82.1 Å². The molecule has 0 atom stereocenters. The molecule has 1 aromatic heterocycles. The molecule has 1 N–H and O–H groups in total. The smallest absolute Gasteiger partial charge is 0.352 e. The Morgan fingerprint density at radius 2 is 1.82 bits per heavy atom. The molecule has 1 heterocycles. The Kier molecular flexibility index (Phi) is 4.45. The molecule has 8 heteroatoms. The van der Waals surface area contributed by atoms with Crippen LogP contribution in [-0.4, -0.2) is 10.8 Å². The molecule has 1 aliphatic carbocycles. The number of benzene rings is 2. The van der Waals surface area contributed by atoms with Gasteiger partial charge in [-0.25, -0.2) is 9.37 Å². The van der Waals surface area contributed by atoms with Crippen molar-refractivity contribution >= 4 is 22.3 Å². The number of ketones is 1. The third-order valence-corrected chi connectivity index (χ3v) is 5.59. The highest BCUT2D eigenvalue weighted by Crippen LogP contribution is 2.48. The van der Waals surface area contributed by atoms with E-state index < -0.39 is 17.5 Å². The van der Waals surface area contributed by atoms with Gasteiger partial charge in [0, 0.05) is 5.56 Å². The first-order valence-corrected chi connectivity index (χ1v) is 9.31. The normalized spacial score (nSPS) is 15.3. The predicted octanol–water partition coefficient (Wildman–Crippen LogP) is 5.63. The molecule has 0 unspecified atom stereocenters. The molecule has 28 heavy (non-hydrogen) atoms. The Morgan fingerprint density at radius 3 is 2.46 bits per heavy atom. The highest BCUT2D eigenvalue weighted by Gasteiger charge is 2.45. The van der Waals surface area contributed by atoms with E-state index in [0.29, 0.717) is 5.13 Å². The summed E-state index contributed by atoms with van der Waals surface area (Å²) in [5, 5.41) is 3.78. The van der Waals surface area contributed by atoms with Crippen molar-refractivity contribution in [1.82, 2.24) is 4.98 Å². The van der Waals surface area contributed by atoms with Gasteiger partial charge in [-0.2, -0.15) is 13.2 Å². The predicted molar refractivity (Wildman–Crippen MR) is 97.9 cm³/mol. The van der Waals surface area contributed by atoms with Crippen LogP contribution in [0, 0.1) is 5.82 Å². The third kappa shape index (κ3) is 3.64. The minimum absolute atomic E-state index is 0.0373. The number of carbonyl (C=O) groups is 1. The van der Waals surface area contributed by atoms with Crippen molar-refractivity contribution in [2.75, 3.05) is 5.32 Å². The van der Waals surface area contributed by atoms with Crippen LogP contribution in [0.3, 0.4) is 0 Å². The first-order valence-electron chi connectivity index (χ1n) is 8.49. The zero-order valence-corrected chi connectivity index (χ0v) is 15.2. The largest absolute Gasteiger partial charge is 0.416 e. The van der Waals surface area contributed by atoms with Crippen molar-refractivity contribution in [2.45, 2.75) is 24.6 Å². The van der Waals surface area contributed by atoms with E-state index in [2.05, 4.69) is 10.3 Å². The Labute approximate surface area is 162 Å². The van der Waals surface area contributed by atoms with Gasteiger partial charge in [0.1, 0.15) is 5.82 Å². The summed E-state index contributed by atoms with van der Waals surface area (Å²) in [5.74, 6) is -0.828. The molecule has 1 aliphatic rings. The molecule has 144 valence electrons. The minimum Gasteiger partial charge on any atom is -0.352 e. The zero-order valence-electron chi connectivity index (χ0n) is 14.4. The van der Waals surface area contributed by atoms with Gasteiger partial charge in [-0.3, -0.25) is 4.79 Å². The number of halogens is 4. The van der Waals surface area contributed by atoms with Crippen molar-refractivity contribution in [3.63, 3.8) is 0 Å². The monoisotopic (exact) mass is 406 g/mol. The summed E-state index contributed by atoms with van der Waals surface area (Å²) >= 11 is 1.09. The average Bonchev–Trinajstić information content (AvgIpc) is 3.30. The van der Waals surface area contributed by atoms with Crippen molar-refractivity contribution in [2.24, 2.45) is 0 Å². The molecular formula is C20H14F4N2OS. The van der Waals surface area contributed by atoms with E-state index >= 15 is 0 Å². The SMILES string of the molecule is O=C(c1cccc(C(F)(F)F)c1)c1cnc(NC2(c3ccc(F)cc3)CC2)s1. The number of nitrogens with zero attached hydrogens (tertiary/aromatic N) is 1. The van der Waals surface area contributed by atoms with Crippen molar-refractivity contribution in [3.8, 4) is 0 Å². The van der Waals surface area contributed by atoms with Crippen LogP contribution < -0.4 is 5.32 Å². The number of alkyl halides is 3. The Hall–Kier alpha value is -2.74. The number of rotatable bonds is 5. The lowest BCUT2D eigenvalue weighted by atomic mass is 10.1. The van der Waals surface area contributed by atoms with E-state index in [0.717, 1.165) is 41.9 Å². The second-order valence-electron chi connectivity index (χ2n) is 6.65. The summed E-state index contributed by atoms with van der Waals surface area (Å²) in [4.78, 5) is 17.0. The van der Waals surface area contributed by atoms with Gasteiger partial charge < -0.3 is 5.32 Å². The van der Waals surface area contributed by atoms with Crippen LogP contribution in [0.1, 0.15) is 39.2 Å². The number of hydrogen-bond acceptors (Lipinski definition) is 4. The van der Waals surface area contributed by atoms with Gasteiger partial charge in [0.25, 0.3) is 0 Å². The molecule has 0 saturated heterocycles. The van der Waals surface area contributed by atoms with E-state index in [1.54, 1.807) is 12.1 Å². The van der Waals surface area contributed by atoms with E-state index in [1.165, 1.54) is 30.5 Å². The van der Waals surface area contributed by atoms with Crippen molar-refractivity contribution < 1.29 is 22.4 Å². The maximum atomic E-state index is 13.1. The van der Waals surface area contributed by atoms with Gasteiger partial charge in [-0.1, -0.05) is 35.6 Å². The fourth-order valence-corrected chi connectivity index (χ4v) is 3.88. The number of hydrogen-bond donors (Lipinski definition) is 1. The van der Waals surface area contributed by atoms with Crippen LogP contribution in [0.2, 0.25) is 0 Å². The van der Waals surface area contributed by atoms with Crippen LogP contribution in [0.4, 0.5) is 22.7 Å². The molecule has 1 fully saturated rings. The van der Waals surface area contributed by atoms with Crippen LogP contribution in [0.25, 0.3) is 0 Å². The molecule has 0 bridgehead atoms. The number of anilines is 1. The molecule has 1 saturated carbocycles. The summed E-state index contributed by atoms with van der Waals surface area (Å²) in [7, 11) is 0. The van der Waals surface area contributed by atoms with E-state index in [-0.39, 0.29) is 21.8 Å². The number of carbonyl (C=O) groups excluding carboxylic acids is 1. The molecule has 4 rings (SSSR count). The topological polar surface area (TPSA) is 42.0 Å². The molecular weight excluding hydrogens is 392 g/mol. The van der Waals surface area contributed by atoms with E-state index in [1.807, 2.05) is 0 Å². The zero-order chi connectivity index (χ0) is 19.9. The molecule has 2 aromatic carbocycles. The molecule has 0 amide bonds. The quantitative estimate of drug-likeness (QED) is 0.441. The number of aromatic nitrogens is 1. The fraction of sp³-hybridized carbons (Fsp3) is 0.200. The average molecular weight is 406 g/mol. The van der Waals surface area contributed by atoms with Gasteiger partial charge in [-0.15, -0.1) is 0 Å². The van der Waals surface area contributed by atoms with Crippen molar-refractivity contribution in [1.29, 1.82) is 0 Å². The lowest BCUT2D eigenvalue weighted by Gasteiger charge is -2.17. The summed E-state index contributed by atoms with van der Waals surface area (Å²) < 4.78 is 51.7. The van der Waals surface area contributed by atoms with E-state index in [9.17, 15) is 22.4 Å². The van der Waals surface area contributed by atoms with Crippen LogP contribution in [0.15, 0.2) is 54.7 Å². The molecule has 3 nitrogen and oxygen atoms in total. The first-order chi connectivity index (χ1) is 13.3. The van der Waals surface area contributed by atoms with Crippen LogP contribution >= 0.6 is 11.3 Å². The lowest BCUT2D eigenvalue weighted by molar-refractivity contribution is -0.137. The molecule has 0 aliphatic heterocycles. The highest BCUT2D eigenvalue weighted by molar-refractivity contribution is 7.17. The first kappa shape index (κ1) is 18.6. The highest BCUT2D eigenvalue weighted by atomic mass is 32.1. The summed E-state index contributed by atoms with van der Waals surface area (Å²) in [6.45, 7) is 0. The molecule has 0 spiro atoms. The standard InChI is InChI=1S/C20H14F4N2OS/c21-15-6-4-13(5-7-15)19(8-9-19)26-18-25-11-16(28-18)17(27)12-2-1-3-14(10-12)20(22,23)24/h1-7,10-11H,8-9H2,(H,25,26). The van der Waals surface area contributed by atoms with E-state index in [4.69, 9.17) is 0 Å². The van der Waals surface area contributed by atoms with Crippen LogP contribution in [0.5, 0.6) is 0 Å². The summed E-state index contributed by atoms with van der Waals surface area (Å²) in [6.07, 6.45) is -1.47. The number of nitrogens with one attached hydrogen (secondary N) is 1. The van der Waals surface area contributed by atoms with Crippen LogP contribution in [-0.2, 0) is 11.7 Å². The second-order valence-corrected chi connectivity index (χ2v) is 7.68. The Bertz CT molecular complexity index is 1020. The second kappa shape index (κ2) is 6.70. The Morgan fingerprint density at radius 1 is 1.11 bits per heavy atom. The third-order valence-electron chi connectivity index (χ3n) is 4.67. The van der Waals surface area contributed by atoms with Gasteiger partial charge in [0.2, 0.25) is 5.78 Å². The maximum absolute atomic E-state index is 13.1. The Balaban J connectivity index is 1.53. The maximum Gasteiger partial charge on any atom is 0.416 e.